The average molecular weight is 325 g/mol. The molecule has 9 heteroatoms. The number of hydrogen-bond acceptors (Lipinski definition) is 5. The predicted molar refractivity (Wildman–Crippen MR) is 76.9 cm³/mol. The topological polar surface area (TPSA) is 114 Å². The first-order valence-corrected chi connectivity index (χ1v) is 6.60. The highest BCUT2D eigenvalue weighted by Gasteiger charge is 2.20. The quantitative estimate of drug-likeness (QED) is 0.657. The minimum absolute atomic E-state index is 0.217. The lowest BCUT2D eigenvalue weighted by molar-refractivity contribution is -0.153. The monoisotopic (exact) mass is 325 g/mol. The van der Waals surface area contributed by atoms with Crippen LogP contribution in [0, 0.1) is 5.82 Å². The molecule has 1 aromatic carbocycles. The molecule has 0 saturated carbocycles. The van der Waals surface area contributed by atoms with Crippen LogP contribution in [-0.2, 0) is 14.3 Å². The molecule has 0 aliphatic carbocycles. The summed E-state index contributed by atoms with van der Waals surface area (Å²) in [7, 11) is 1.32. The third kappa shape index (κ3) is 5.73. The Hall–Kier alpha value is -2.97. The van der Waals surface area contributed by atoms with E-state index in [4.69, 9.17) is 4.74 Å². The molecule has 0 aliphatic rings. The Morgan fingerprint density at radius 2 is 1.87 bits per heavy atom. The first-order valence-electron chi connectivity index (χ1n) is 6.60. The molecule has 0 spiro atoms. The highest BCUT2D eigenvalue weighted by atomic mass is 19.1. The zero-order valence-electron chi connectivity index (χ0n) is 12.5. The Morgan fingerprint density at radius 1 is 1.22 bits per heavy atom. The van der Waals surface area contributed by atoms with Gasteiger partial charge >= 0.3 is 12.0 Å². The van der Waals surface area contributed by atoms with E-state index in [1.165, 1.54) is 32.2 Å². The molecule has 0 radical (unpaired) electrons. The molecule has 0 unspecified atom stereocenters. The first kappa shape index (κ1) is 18.1. The number of carbonyl (C=O) groups excluding carboxylic acids is 4. The Balaban J connectivity index is 2.45. The highest BCUT2D eigenvalue weighted by Crippen LogP contribution is 2.05. The van der Waals surface area contributed by atoms with Gasteiger partial charge in [0.15, 0.2) is 6.10 Å². The molecule has 1 rings (SSSR count). The number of amides is 4. The molecule has 1 aromatic rings. The van der Waals surface area contributed by atoms with E-state index in [-0.39, 0.29) is 5.56 Å². The van der Waals surface area contributed by atoms with E-state index in [1.54, 1.807) is 0 Å². The number of rotatable bonds is 5. The lowest BCUT2D eigenvalue weighted by atomic mass is 10.2. The zero-order valence-corrected chi connectivity index (χ0v) is 12.5. The van der Waals surface area contributed by atoms with Crippen LogP contribution in [0.4, 0.5) is 9.18 Å². The van der Waals surface area contributed by atoms with Gasteiger partial charge in [0.1, 0.15) is 12.4 Å². The van der Waals surface area contributed by atoms with Gasteiger partial charge in [0.25, 0.3) is 11.8 Å². The van der Waals surface area contributed by atoms with E-state index in [1.807, 2.05) is 5.32 Å². The Morgan fingerprint density at radius 3 is 2.48 bits per heavy atom. The summed E-state index contributed by atoms with van der Waals surface area (Å²) in [4.78, 5) is 45.6. The number of imide groups is 1. The minimum atomic E-state index is -1.23. The molecule has 0 saturated heterocycles. The maximum Gasteiger partial charge on any atom is 0.326 e. The van der Waals surface area contributed by atoms with Gasteiger partial charge in [0.2, 0.25) is 0 Å². The molecule has 3 N–H and O–H groups in total. The van der Waals surface area contributed by atoms with Crippen molar-refractivity contribution in [2.75, 3.05) is 13.6 Å². The second-order valence-corrected chi connectivity index (χ2v) is 4.36. The molecule has 0 heterocycles. The number of esters is 1. The van der Waals surface area contributed by atoms with Crippen LogP contribution in [0.3, 0.4) is 0 Å². The molecule has 4 amide bonds. The number of carbonyl (C=O) groups is 4. The van der Waals surface area contributed by atoms with Crippen LogP contribution in [-0.4, -0.2) is 43.5 Å². The van der Waals surface area contributed by atoms with Crippen molar-refractivity contribution >= 4 is 23.8 Å². The van der Waals surface area contributed by atoms with Crippen molar-refractivity contribution in [3.05, 3.63) is 35.6 Å². The van der Waals surface area contributed by atoms with E-state index >= 15 is 0 Å². The Kier molecular flexibility index (Phi) is 6.66. The molecule has 0 fully saturated rings. The van der Waals surface area contributed by atoms with Crippen molar-refractivity contribution in [1.29, 1.82) is 0 Å². The minimum Gasteiger partial charge on any atom is -0.451 e. The smallest absolute Gasteiger partial charge is 0.326 e. The van der Waals surface area contributed by atoms with Crippen molar-refractivity contribution in [2.45, 2.75) is 13.0 Å². The molecular weight excluding hydrogens is 309 g/mol. The predicted octanol–water partition coefficient (Wildman–Crippen LogP) is -0.0572. The van der Waals surface area contributed by atoms with Crippen molar-refractivity contribution in [3.63, 3.8) is 0 Å². The van der Waals surface area contributed by atoms with Crippen molar-refractivity contribution in [3.8, 4) is 0 Å². The van der Waals surface area contributed by atoms with E-state index in [0.717, 1.165) is 6.07 Å². The number of nitrogens with one attached hydrogen (secondary N) is 3. The fourth-order valence-corrected chi connectivity index (χ4v) is 1.46. The summed E-state index contributed by atoms with van der Waals surface area (Å²) in [5, 5.41) is 6.26. The summed E-state index contributed by atoms with van der Waals surface area (Å²) in [5.74, 6) is -3.24. The van der Waals surface area contributed by atoms with Crippen LogP contribution >= 0.6 is 0 Å². The van der Waals surface area contributed by atoms with Crippen LogP contribution < -0.4 is 16.0 Å². The van der Waals surface area contributed by atoms with Crippen molar-refractivity contribution < 1.29 is 28.3 Å². The summed E-state index contributed by atoms with van der Waals surface area (Å²) in [6, 6.07) is 4.52. The van der Waals surface area contributed by atoms with Gasteiger partial charge < -0.3 is 15.4 Å². The van der Waals surface area contributed by atoms with E-state index < -0.39 is 42.3 Å². The van der Waals surface area contributed by atoms with E-state index in [2.05, 4.69) is 10.6 Å². The van der Waals surface area contributed by atoms with Gasteiger partial charge in [-0.3, -0.25) is 19.7 Å². The zero-order chi connectivity index (χ0) is 17.4. The maximum atomic E-state index is 13.4. The number of hydrogen-bond donors (Lipinski definition) is 3. The lowest BCUT2D eigenvalue weighted by Crippen LogP contribution is -2.44. The average Bonchev–Trinajstić information content (AvgIpc) is 2.52. The molecule has 124 valence electrons. The molecule has 0 aromatic heterocycles. The molecule has 23 heavy (non-hydrogen) atoms. The number of urea groups is 1. The third-order valence-electron chi connectivity index (χ3n) is 2.65. The van der Waals surface area contributed by atoms with Gasteiger partial charge in [-0.15, -0.1) is 0 Å². The summed E-state index contributed by atoms with van der Waals surface area (Å²) in [5.41, 5.74) is -0.217. The normalized spacial score (nSPS) is 11.1. The lowest BCUT2D eigenvalue weighted by Gasteiger charge is -2.13. The molecule has 0 bridgehead atoms. The largest absolute Gasteiger partial charge is 0.451 e. The number of benzene rings is 1. The standard InChI is InChI=1S/C14H16FN3O5/c1-8(12(20)18-14(22)16-2)23-11(19)7-17-13(21)9-5-3-4-6-10(9)15/h3-6,8H,7H2,1-2H3,(H,17,21)(H2,16,18,20,22)/t8-/m1/s1. The fraction of sp³-hybridized carbons (Fsp3) is 0.286. The van der Waals surface area contributed by atoms with Gasteiger partial charge in [0.05, 0.1) is 5.56 Å². The SMILES string of the molecule is CNC(=O)NC(=O)[C@@H](C)OC(=O)CNC(=O)c1ccccc1F. The maximum absolute atomic E-state index is 13.4. The highest BCUT2D eigenvalue weighted by molar-refractivity contribution is 5.98. The van der Waals surface area contributed by atoms with E-state index in [0.29, 0.717) is 0 Å². The fourth-order valence-electron chi connectivity index (χ4n) is 1.46. The van der Waals surface area contributed by atoms with E-state index in [9.17, 15) is 23.6 Å². The Bertz CT molecular complexity index is 620. The van der Waals surface area contributed by atoms with Gasteiger partial charge in [-0.05, 0) is 19.1 Å². The third-order valence-corrected chi connectivity index (χ3v) is 2.65. The molecule has 8 nitrogen and oxygen atoms in total. The molecular formula is C14H16FN3O5. The van der Waals surface area contributed by atoms with Gasteiger partial charge in [-0.25, -0.2) is 9.18 Å². The second kappa shape index (κ2) is 8.47. The van der Waals surface area contributed by atoms with Crippen LogP contribution in [0.25, 0.3) is 0 Å². The van der Waals surface area contributed by atoms with Crippen LogP contribution in [0.2, 0.25) is 0 Å². The van der Waals surface area contributed by atoms with Gasteiger partial charge in [0, 0.05) is 7.05 Å². The summed E-state index contributed by atoms with van der Waals surface area (Å²) >= 11 is 0. The summed E-state index contributed by atoms with van der Waals surface area (Å²) < 4.78 is 18.1. The van der Waals surface area contributed by atoms with Crippen LogP contribution in [0.5, 0.6) is 0 Å². The van der Waals surface area contributed by atoms with Crippen molar-refractivity contribution in [2.24, 2.45) is 0 Å². The summed E-state index contributed by atoms with van der Waals surface area (Å²) in [6.45, 7) is 0.708. The van der Waals surface area contributed by atoms with Crippen LogP contribution in [0.15, 0.2) is 24.3 Å². The number of ether oxygens (including phenoxy) is 1. The molecule has 1 atom stereocenters. The number of halogens is 1. The Labute approximate surface area is 131 Å². The van der Waals surface area contributed by atoms with Gasteiger partial charge in [-0.2, -0.15) is 0 Å². The van der Waals surface area contributed by atoms with Crippen molar-refractivity contribution in [1.82, 2.24) is 16.0 Å². The van der Waals surface area contributed by atoms with Gasteiger partial charge in [-0.1, -0.05) is 12.1 Å². The molecule has 0 aliphatic heterocycles. The van der Waals surface area contributed by atoms with Crippen LogP contribution in [0.1, 0.15) is 17.3 Å². The first-order chi connectivity index (χ1) is 10.8. The second-order valence-electron chi connectivity index (χ2n) is 4.36. The summed E-state index contributed by atoms with van der Waals surface area (Å²) in [6.07, 6.45) is -1.23.